The topological polar surface area (TPSA) is 89.1 Å². The molecule has 20 heavy (non-hydrogen) atoms. The van der Waals surface area contributed by atoms with Gasteiger partial charge in [-0.05, 0) is 19.1 Å². The average molecular weight is 280 g/mol. The third-order valence-corrected chi connectivity index (χ3v) is 2.19. The lowest BCUT2D eigenvalue weighted by atomic mass is 10.3. The molecule has 0 saturated carbocycles. The highest BCUT2D eigenvalue weighted by Crippen LogP contribution is 2.15. The lowest BCUT2D eigenvalue weighted by molar-refractivity contribution is -0.118. The van der Waals surface area contributed by atoms with E-state index in [2.05, 4.69) is 20.5 Å². The van der Waals surface area contributed by atoms with E-state index >= 15 is 0 Å². The van der Waals surface area contributed by atoms with Gasteiger partial charge in [-0.25, -0.2) is 9.49 Å². The molecule has 8 heteroatoms. The Kier molecular flexibility index (Phi) is 4.48. The van der Waals surface area contributed by atoms with Crippen molar-refractivity contribution in [3.05, 3.63) is 30.1 Å². The number of rotatable bonds is 6. The second-order valence-electron chi connectivity index (χ2n) is 3.67. The van der Waals surface area contributed by atoms with E-state index in [1.54, 1.807) is 13.0 Å². The van der Waals surface area contributed by atoms with E-state index in [1.165, 1.54) is 18.2 Å². The third kappa shape index (κ3) is 3.67. The number of ether oxygens (including phenoxy) is 2. The molecular formula is C12H13FN4O3. The van der Waals surface area contributed by atoms with Crippen LogP contribution >= 0.6 is 0 Å². The van der Waals surface area contributed by atoms with Crippen molar-refractivity contribution in [1.82, 2.24) is 15.2 Å². The molecule has 0 aliphatic rings. The Labute approximate surface area is 114 Å². The molecule has 0 aliphatic carbocycles. The molecule has 2 aromatic rings. The predicted molar refractivity (Wildman–Crippen MR) is 68.1 cm³/mol. The maximum Gasteiger partial charge on any atom is 0.337 e. The van der Waals surface area contributed by atoms with Crippen molar-refractivity contribution in [2.75, 3.05) is 18.5 Å². The minimum absolute atomic E-state index is 0.00947. The maximum atomic E-state index is 13.3. The Morgan fingerprint density at radius 2 is 2.20 bits per heavy atom. The molecule has 0 unspecified atom stereocenters. The van der Waals surface area contributed by atoms with Gasteiger partial charge in [0.2, 0.25) is 5.95 Å². The molecule has 0 atom stereocenters. The number of benzene rings is 1. The number of nitrogens with one attached hydrogen (secondary N) is 2. The lowest BCUT2D eigenvalue weighted by Crippen LogP contribution is -2.21. The molecule has 106 valence electrons. The van der Waals surface area contributed by atoms with Crippen LogP contribution < -0.4 is 14.8 Å². The molecule has 1 aromatic heterocycles. The largest absolute Gasteiger partial charge is 0.481 e. The second kappa shape index (κ2) is 6.50. The predicted octanol–water partition coefficient (Wildman–Crippen LogP) is 1.36. The molecule has 2 N–H and O–H groups in total. The summed E-state index contributed by atoms with van der Waals surface area (Å²) >= 11 is 0. The fourth-order valence-electron chi connectivity index (χ4n) is 1.37. The number of aromatic nitrogens is 3. The summed E-state index contributed by atoms with van der Waals surface area (Å²) in [5, 5.41) is 8.62. The van der Waals surface area contributed by atoms with Crippen molar-refractivity contribution in [3.63, 3.8) is 0 Å². The zero-order valence-electron chi connectivity index (χ0n) is 10.7. The minimum Gasteiger partial charge on any atom is -0.481 e. The van der Waals surface area contributed by atoms with Gasteiger partial charge in [-0.1, -0.05) is 12.1 Å². The standard InChI is InChI=1S/C12H13FN4O3/c1-2-19-12-15-11(16-17-12)14-10(18)7-20-9-6-4-3-5-8(9)13/h3-6H,2,7H2,1H3,(H2,14,15,16,17,18). The van der Waals surface area contributed by atoms with E-state index in [0.717, 1.165) is 0 Å². The van der Waals surface area contributed by atoms with Gasteiger partial charge in [-0.15, -0.1) is 5.10 Å². The quantitative estimate of drug-likeness (QED) is 0.834. The van der Waals surface area contributed by atoms with Crippen LogP contribution in [0.2, 0.25) is 0 Å². The number of hydrogen-bond acceptors (Lipinski definition) is 5. The highest BCUT2D eigenvalue weighted by atomic mass is 19.1. The number of carbonyl (C=O) groups excluding carboxylic acids is 1. The number of nitrogens with zero attached hydrogens (tertiary/aromatic N) is 2. The Hall–Kier alpha value is -2.64. The molecule has 2 rings (SSSR count). The Morgan fingerprint density at radius 1 is 1.40 bits per heavy atom. The molecule has 0 fully saturated rings. The van der Waals surface area contributed by atoms with Crippen LogP contribution in [0.3, 0.4) is 0 Å². The van der Waals surface area contributed by atoms with Crippen LogP contribution in [0.5, 0.6) is 11.8 Å². The minimum atomic E-state index is -0.529. The SMILES string of the molecule is CCOc1n[nH]c(NC(=O)COc2ccccc2F)n1. The highest BCUT2D eigenvalue weighted by molar-refractivity contribution is 5.90. The highest BCUT2D eigenvalue weighted by Gasteiger charge is 2.09. The number of aromatic amines is 1. The number of amides is 1. The summed E-state index contributed by atoms with van der Waals surface area (Å²) in [7, 11) is 0. The van der Waals surface area contributed by atoms with Gasteiger partial charge in [0.05, 0.1) is 6.61 Å². The molecule has 1 aromatic carbocycles. The van der Waals surface area contributed by atoms with E-state index < -0.39 is 11.7 Å². The van der Waals surface area contributed by atoms with Crippen molar-refractivity contribution in [2.24, 2.45) is 0 Å². The van der Waals surface area contributed by atoms with Crippen molar-refractivity contribution in [2.45, 2.75) is 6.92 Å². The fraction of sp³-hybridized carbons (Fsp3) is 0.250. The molecule has 0 bridgehead atoms. The van der Waals surface area contributed by atoms with Crippen LogP contribution in [-0.4, -0.2) is 34.3 Å². The van der Waals surface area contributed by atoms with E-state index in [0.29, 0.717) is 6.61 Å². The third-order valence-electron chi connectivity index (χ3n) is 2.19. The number of carbonyl (C=O) groups is 1. The summed E-state index contributed by atoms with van der Waals surface area (Å²) in [6.07, 6.45) is 0. The number of halogens is 1. The smallest absolute Gasteiger partial charge is 0.337 e. The zero-order valence-corrected chi connectivity index (χ0v) is 10.7. The van der Waals surface area contributed by atoms with Crippen molar-refractivity contribution < 1.29 is 18.7 Å². The maximum absolute atomic E-state index is 13.3. The first-order valence-electron chi connectivity index (χ1n) is 5.91. The van der Waals surface area contributed by atoms with Crippen LogP contribution in [0.15, 0.2) is 24.3 Å². The summed E-state index contributed by atoms with van der Waals surface area (Å²) in [6.45, 7) is 1.87. The first-order chi connectivity index (χ1) is 9.69. The molecule has 1 heterocycles. The van der Waals surface area contributed by atoms with E-state index in [-0.39, 0.29) is 24.3 Å². The molecule has 0 aliphatic heterocycles. The van der Waals surface area contributed by atoms with E-state index in [1.807, 2.05) is 0 Å². The molecule has 0 radical (unpaired) electrons. The van der Waals surface area contributed by atoms with Crippen LogP contribution in [-0.2, 0) is 4.79 Å². The lowest BCUT2D eigenvalue weighted by Gasteiger charge is -2.06. The summed E-state index contributed by atoms with van der Waals surface area (Å²) in [4.78, 5) is 15.4. The monoisotopic (exact) mass is 280 g/mol. The van der Waals surface area contributed by atoms with Gasteiger partial charge >= 0.3 is 6.01 Å². The van der Waals surface area contributed by atoms with Gasteiger partial charge < -0.3 is 9.47 Å². The Bertz CT molecular complexity index is 588. The van der Waals surface area contributed by atoms with Crippen LogP contribution in [0.4, 0.5) is 10.3 Å². The summed E-state index contributed by atoms with van der Waals surface area (Å²) < 4.78 is 23.3. The normalized spacial score (nSPS) is 10.1. The molecule has 0 saturated heterocycles. The van der Waals surface area contributed by atoms with Gasteiger partial charge in [-0.2, -0.15) is 4.98 Å². The van der Waals surface area contributed by atoms with Crippen LogP contribution in [0.1, 0.15) is 6.92 Å². The number of hydrogen-bond donors (Lipinski definition) is 2. The molecule has 7 nitrogen and oxygen atoms in total. The first-order valence-corrected chi connectivity index (χ1v) is 5.91. The summed E-state index contributed by atoms with van der Waals surface area (Å²) in [5.41, 5.74) is 0. The van der Waals surface area contributed by atoms with Crippen LogP contribution in [0.25, 0.3) is 0 Å². The van der Waals surface area contributed by atoms with E-state index in [9.17, 15) is 9.18 Å². The molecule has 1 amide bonds. The number of para-hydroxylation sites is 1. The molecular weight excluding hydrogens is 267 g/mol. The summed E-state index contributed by atoms with van der Waals surface area (Å²) in [5.74, 6) is -0.878. The fourth-order valence-corrected chi connectivity index (χ4v) is 1.37. The van der Waals surface area contributed by atoms with Crippen molar-refractivity contribution >= 4 is 11.9 Å². The Morgan fingerprint density at radius 3 is 2.95 bits per heavy atom. The van der Waals surface area contributed by atoms with Crippen molar-refractivity contribution in [3.8, 4) is 11.8 Å². The van der Waals surface area contributed by atoms with Crippen molar-refractivity contribution in [1.29, 1.82) is 0 Å². The van der Waals surface area contributed by atoms with Gasteiger partial charge in [0.15, 0.2) is 18.2 Å². The van der Waals surface area contributed by atoms with Gasteiger partial charge in [0.1, 0.15) is 0 Å². The van der Waals surface area contributed by atoms with E-state index in [4.69, 9.17) is 9.47 Å². The first kappa shape index (κ1) is 13.8. The van der Waals surface area contributed by atoms with Gasteiger partial charge in [-0.3, -0.25) is 10.1 Å². The second-order valence-corrected chi connectivity index (χ2v) is 3.67. The number of anilines is 1. The van der Waals surface area contributed by atoms with Crippen LogP contribution in [0, 0.1) is 5.82 Å². The van der Waals surface area contributed by atoms with Gasteiger partial charge in [0.25, 0.3) is 5.91 Å². The number of H-pyrrole nitrogens is 1. The average Bonchev–Trinajstić information content (AvgIpc) is 2.85. The molecule has 0 spiro atoms. The zero-order chi connectivity index (χ0) is 14.4. The summed E-state index contributed by atoms with van der Waals surface area (Å²) in [6, 6.07) is 5.97. The van der Waals surface area contributed by atoms with Gasteiger partial charge in [0, 0.05) is 0 Å². The Balaban J connectivity index is 1.84.